The van der Waals surface area contributed by atoms with Gasteiger partial charge in [-0.25, -0.2) is 9.67 Å². The van der Waals surface area contributed by atoms with Crippen LogP contribution < -0.4 is 14.2 Å². The fraction of sp³-hybridized carbons (Fsp3) is 0.300. The fourth-order valence-electron chi connectivity index (χ4n) is 4.05. The first-order chi connectivity index (χ1) is 20.0. The van der Waals surface area contributed by atoms with E-state index in [1.165, 1.54) is 0 Å². The summed E-state index contributed by atoms with van der Waals surface area (Å²) in [6.45, 7) is 4.02. The Bertz CT molecular complexity index is 1510. The highest BCUT2D eigenvalue weighted by Crippen LogP contribution is 2.37. The Balaban J connectivity index is 1.47. The number of aliphatic carboxylic acids is 1. The molecule has 0 spiro atoms. The number of aryl methyl sites for hydroxylation is 2. The van der Waals surface area contributed by atoms with Gasteiger partial charge in [-0.3, -0.25) is 4.79 Å². The molecule has 0 amide bonds. The van der Waals surface area contributed by atoms with E-state index in [1.54, 1.807) is 28.9 Å². The minimum absolute atomic E-state index is 0.0466. The van der Waals surface area contributed by atoms with Crippen LogP contribution in [0.25, 0.3) is 5.69 Å². The maximum absolute atomic E-state index is 13.0. The SMILES string of the molecule is CC(C)Oc1ccc(CCCOc2cc(CCC(=O)O)n(-c3ccccc3)n2)c(Oc2ncc(C(F)(F)F)cc2Cl)c1. The van der Waals surface area contributed by atoms with Crippen molar-refractivity contribution in [2.75, 3.05) is 6.61 Å². The van der Waals surface area contributed by atoms with Gasteiger partial charge in [-0.15, -0.1) is 5.10 Å². The van der Waals surface area contributed by atoms with Gasteiger partial charge in [-0.05, 0) is 56.5 Å². The molecule has 0 fully saturated rings. The summed E-state index contributed by atoms with van der Waals surface area (Å²) in [4.78, 5) is 14.9. The van der Waals surface area contributed by atoms with E-state index in [1.807, 2.05) is 44.2 Å². The molecule has 0 bridgehead atoms. The van der Waals surface area contributed by atoms with Crippen molar-refractivity contribution in [1.29, 1.82) is 0 Å². The summed E-state index contributed by atoms with van der Waals surface area (Å²) in [6, 6.07) is 17.1. The number of rotatable bonds is 13. The molecule has 1 N–H and O–H groups in total. The van der Waals surface area contributed by atoms with Crippen molar-refractivity contribution in [1.82, 2.24) is 14.8 Å². The molecule has 12 heteroatoms. The van der Waals surface area contributed by atoms with E-state index in [0.29, 0.717) is 42.1 Å². The molecular weight excluding hydrogens is 575 g/mol. The van der Waals surface area contributed by atoms with Crippen molar-refractivity contribution in [3.8, 4) is 28.9 Å². The van der Waals surface area contributed by atoms with E-state index < -0.39 is 17.7 Å². The summed E-state index contributed by atoms with van der Waals surface area (Å²) in [6.07, 6.45) is -2.76. The zero-order valence-corrected chi connectivity index (χ0v) is 23.7. The van der Waals surface area contributed by atoms with Crippen molar-refractivity contribution in [3.63, 3.8) is 0 Å². The van der Waals surface area contributed by atoms with Gasteiger partial charge in [0.1, 0.15) is 16.5 Å². The number of halogens is 4. The van der Waals surface area contributed by atoms with Crippen LogP contribution in [0, 0.1) is 0 Å². The number of para-hydroxylation sites is 1. The lowest BCUT2D eigenvalue weighted by atomic mass is 10.1. The second-order valence-corrected chi connectivity index (χ2v) is 10.0. The van der Waals surface area contributed by atoms with Crippen LogP contribution in [0.3, 0.4) is 0 Å². The molecule has 0 aliphatic carbocycles. The quantitative estimate of drug-likeness (QED) is 0.158. The highest BCUT2D eigenvalue weighted by molar-refractivity contribution is 6.31. The highest BCUT2D eigenvalue weighted by Gasteiger charge is 2.32. The molecule has 222 valence electrons. The predicted molar refractivity (Wildman–Crippen MR) is 150 cm³/mol. The average molecular weight is 604 g/mol. The van der Waals surface area contributed by atoms with Crippen molar-refractivity contribution in [2.45, 2.75) is 51.8 Å². The van der Waals surface area contributed by atoms with Crippen LogP contribution in [-0.4, -0.2) is 38.6 Å². The molecule has 8 nitrogen and oxygen atoms in total. The van der Waals surface area contributed by atoms with Gasteiger partial charge in [0.05, 0.1) is 30.4 Å². The van der Waals surface area contributed by atoms with E-state index >= 15 is 0 Å². The third kappa shape index (κ3) is 8.39. The number of carbonyl (C=O) groups is 1. The Kier molecular flexibility index (Phi) is 9.95. The van der Waals surface area contributed by atoms with Crippen LogP contribution in [0.5, 0.6) is 23.3 Å². The number of carboxylic acids is 1. The molecule has 0 aliphatic rings. The van der Waals surface area contributed by atoms with Gasteiger partial charge in [0.2, 0.25) is 11.8 Å². The van der Waals surface area contributed by atoms with Crippen LogP contribution in [0.2, 0.25) is 5.02 Å². The largest absolute Gasteiger partial charge is 0.491 e. The number of ether oxygens (including phenoxy) is 3. The molecular formula is C30H29ClF3N3O5. The lowest BCUT2D eigenvalue weighted by Gasteiger charge is -2.16. The standard InChI is InChI=1S/C30H29ClF3N3O5/c1-19(2)41-24-12-10-20(26(17-24)42-29-25(31)15-21(18-35-29)30(32,33)34)7-6-14-40-27-16-23(11-13-28(38)39)37(36-27)22-8-4-3-5-9-22/h3-5,8-10,12,15-19H,6-7,11,13-14H2,1-2H3,(H,38,39). The number of benzene rings is 2. The first kappa shape index (κ1) is 30.7. The summed E-state index contributed by atoms with van der Waals surface area (Å²) >= 11 is 6.07. The predicted octanol–water partition coefficient (Wildman–Crippen LogP) is 7.55. The summed E-state index contributed by atoms with van der Waals surface area (Å²) in [5.74, 6) is 0.144. The second kappa shape index (κ2) is 13.6. The van der Waals surface area contributed by atoms with E-state index in [4.69, 9.17) is 30.9 Å². The van der Waals surface area contributed by atoms with Crippen LogP contribution in [0.4, 0.5) is 13.2 Å². The highest BCUT2D eigenvalue weighted by atomic mass is 35.5. The zero-order valence-electron chi connectivity index (χ0n) is 22.9. The molecule has 4 aromatic rings. The minimum atomic E-state index is -4.58. The number of alkyl halides is 3. The molecule has 2 heterocycles. The van der Waals surface area contributed by atoms with Crippen LogP contribution in [-0.2, 0) is 23.8 Å². The van der Waals surface area contributed by atoms with Crippen molar-refractivity contribution < 1.29 is 37.3 Å². The molecule has 0 unspecified atom stereocenters. The fourth-order valence-corrected chi connectivity index (χ4v) is 4.26. The minimum Gasteiger partial charge on any atom is -0.491 e. The van der Waals surface area contributed by atoms with Crippen molar-refractivity contribution in [2.24, 2.45) is 0 Å². The van der Waals surface area contributed by atoms with Gasteiger partial charge < -0.3 is 19.3 Å². The summed E-state index contributed by atoms with van der Waals surface area (Å²) in [7, 11) is 0. The first-order valence-electron chi connectivity index (χ1n) is 13.2. The van der Waals surface area contributed by atoms with Gasteiger partial charge >= 0.3 is 12.1 Å². The Morgan fingerprint density at radius 2 is 1.83 bits per heavy atom. The number of carboxylic acid groups (broad SMARTS) is 1. The van der Waals surface area contributed by atoms with Crippen molar-refractivity contribution in [3.05, 3.63) is 88.7 Å². The van der Waals surface area contributed by atoms with Crippen molar-refractivity contribution >= 4 is 17.6 Å². The lowest BCUT2D eigenvalue weighted by molar-refractivity contribution is -0.138. The molecule has 0 atom stereocenters. The van der Waals surface area contributed by atoms with Gasteiger partial charge in [-0.2, -0.15) is 13.2 Å². The third-order valence-electron chi connectivity index (χ3n) is 5.95. The Hall–Kier alpha value is -4.25. The average Bonchev–Trinajstić information content (AvgIpc) is 3.34. The molecule has 0 saturated heterocycles. The van der Waals surface area contributed by atoms with Gasteiger partial charge in [0, 0.05) is 30.4 Å². The smallest absolute Gasteiger partial charge is 0.417 e. The van der Waals surface area contributed by atoms with Gasteiger partial charge in [0.15, 0.2) is 0 Å². The van der Waals surface area contributed by atoms with E-state index in [0.717, 1.165) is 17.3 Å². The van der Waals surface area contributed by atoms with Crippen LogP contribution in [0.15, 0.2) is 66.9 Å². The maximum Gasteiger partial charge on any atom is 0.417 e. The van der Waals surface area contributed by atoms with Crippen LogP contribution >= 0.6 is 11.6 Å². The summed E-state index contributed by atoms with van der Waals surface area (Å²) < 4.78 is 58.3. The number of aromatic nitrogens is 3. The Morgan fingerprint density at radius 1 is 1.07 bits per heavy atom. The normalized spacial score (nSPS) is 11.5. The molecule has 0 aliphatic heterocycles. The number of nitrogens with zero attached hydrogens (tertiary/aromatic N) is 3. The van der Waals surface area contributed by atoms with Gasteiger partial charge in [-0.1, -0.05) is 35.9 Å². The number of pyridine rings is 1. The van der Waals surface area contributed by atoms with E-state index in [2.05, 4.69) is 10.1 Å². The summed E-state index contributed by atoms with van der Waals surface area (Å²) in [5, 5.41) is 13.4. The monoisotopic (exact) mass is 603 g/mol. The number of hydrogen-bond donors (Lipinski definition) is 1. The van der Waals surface area contributed by atoms with E-state index in [-0.39, 0.29) is 36.5 Å². The maximum atomic E-state index is 13.0. The lowest BCUT2D eigenvalue weighted by Crippen LogP contribution is -2.07. The number of hydrogen-bond acceptors (Lipinski definition) is 6. The topological polar surface area (TPSA) is 95.7 Å². The Labute approximate surface area is 245 Å². The third-order valence-corrected chi connectivity index (χ3v) is 6.22. The molecule has 42 heavy (non-hydrogen) atoms. The zero-order chi connectivity index (χ0) is 30.3. The second-order valence-electron chi connectivity index (χ2n) is 9.61. The molecule has 4 rings (SSSR count). The molecule has 0 saturated carbocycles. The molecule has 2 aromatic heterocycles. The van der Waals surface area contributed by atoms with Crippen LogP contribution in [0.1, 0.15) is 43.5 Å². The van der Waals surface area contributed by atoms with Gasteiger partial charge in [0.25, 0.3) is 0 Å². The molecule has 2 aromatic carbocycles. The van der Waals surface area contributed by atoms with E-state index in [9.17, 15) is 18.0 Å². The summed E-state index contributed by atoms with van der Waals surface area (Å²) in [5.41, 5.74) is 1.25. The Morgan fingerprint density at radius 3 is 2.50 bits per heavy atom. The molecule has 0 radical (unpaired) electrons. The first-order valence-corrected chi connectivity index (χ1v) is 13.6.